The van der Waals surface area contributed by atoms with Crippen LogP contribution in [0.25, 0.3) is 11.1 Å². The van der Waals surface area contributed by atoms with Crippen LogP contribution in [0.5, 0.6) is 11.5 Å². The fourth-order valence-corrected chi connectivity index (χ4v) is 1.48. The average molecular weight is 258 g/mol. The van der Waals surface area contributed by atoms with Crippen LogP contribution in [-0.4, -0.2) is 10.2 Å². The molecule has 2 aromatic carbocycles. The fraction of sp³-hybridized carbons (Fsp3) is 0. The second-order valence-electron chi connectivity index (χ2n) is 3.55. The van der Waals surface area contributed by atoms with E-state index in [1.807, 2.05) is 0 Å². The molecule has 0 fully saturated rings. The van der Waals surface area contributed by atoms with Crippen molar-refractivity contribution in [3.8, 4) is 22.6 Å². The van der Waals surface area contributed by atoms with Gasteiger partial charge in [-0.3, -0.25) is 0 Å². The molecular formula is C12H6F4O2. The van der Waals surface area contributed by atoms with Crippen molar-refractivity contribution in [3.63, 3.8) is 0 Å². The Labute approximate surface area is 98.7 Å². The van der Waals surface area contributed by atoms with Gasteiger partial charge in [0.15, 0.2) is 29.0 Å². The van der Waals surface area contributed by atoms with Gasteiger partial charge in [0.2, 0.25) is 5.82 Å². The lowest BCUT2D eigenvalue weighted by molar-refractivity contribution is 0.396. The Morgan fingerprint density at radius 3 is 1.89 bits per heavy atom. The van der Waals surface area contributed by atoms with Crippen molar-refractivity contribution in [2.75, 3.05) is 0 Å². The van der Waals surface area contributed by atoms with Crippen molar-refractivity contribution < 1.29 is 27.8 Å². The van der Waals surface area contributed by atoms with E-state index in [0.29, 0.717) is 12.1 Å². The Bertz CT molecular complexity index is 603. The SMILES string of the molecule is Oc1ccc(-c2cc(F)c(O)c(F)c2)c(F)c1F. The minimum absolute atomic E-state index is 0.292. The van der Waals surface area contributed by atoms with E-state index in [2.05, 4.69) is 0 Å². The summed E-state index contributed by atoms with van der Waals surface area (Å²) in [6.45, 7) is 0. The minimum atomic E-state index is -1.51. The van der Waals surface area contributed by atoms with Gasteiger partial charge in [-0.25, -0.2) is 13.2 Å². The molecule has 0 spiro atoms. The number of phenols is 2. The molecule has 94 valence electrons. The van der Waals surface area contributed by atoms with Crippen molar-refractivity contribution in [2.45, 2.75) is 0 Å². The van der Waals surface area contributed by atoms with Crippen LogP contribution in [0.2, 0.25) is 0 Å². The topological polar surface area (TPSA) is 40.5 Å². The van der Waals surface area contributed by atoms with E-state index in [0.717, 1.165) is 12.1 Å². The highest BCUT2D eigenvalue weighted by Crippen LogP contribution is 2.32. The highest BCUT2D eigenvalue weighted by Gasteiger charge is 2.17. The molecule has 0 bridgehead atoms. The van der Waals surface area contributed by atoms with Crippen LogP contribution in [0, 0.1) is 23.3 Å². The fourth-order valence-electron chi connectivity index (χ4n) is 1.48. The predicted octanol–water partition coefficient (Wildman–Crippen LogP) is 3.32. The Balaban J connectivity index is 2.67. The maximum Gasteiger partial charge on any atom is 0.200 e. The molecule has 0 aliphatic carbocycles. The third-order valence-electron chi connectivity index (χ3n) is 2.39. The average Bonchev–Trinajstić information content (AvgIpc) is 2.33. The first-order valence-electron chi connectivity index (χ1n) is 4.77. The summed E-state index contributed by atoms with van der Waals surface area (Å²) in [5.74, 6) is -7.63. The van der Waals surface area contributed by atoms with Gasteiger partial charge in [-0.05, 0) is 29.8 Å². The summed E-state index contributed by atoms with van der Waals surface area (Å²) in [4.78, 5) is 0. The largest absolute Gasteiger partial charge is 0.505 e. The number of aromatic hydroxyl groups is 2. The maximum absolute atomic E-state index is 13.5. The second-order valence-corrected chi connectivity index (χ2v) is 3.55. The number of hydrogen-bond acceptors (Lipinski definition) is 2. The van der Waals surface area contributed by atoms with E-state index in [4.69, 9.17) is 10.2 Å². The van der Waals surface area contributed by atoms with Crippen LogP contribution in [0.4, 0.5) is 17.6 Å². The molecule has 0 aliphatic heterocycles. The van der Waals surface area contributed by atoms with Crippen LogP contribution < -0.4 is 0 Å². The molecule has 0 heterocycles. The number of halogens is 4. The summed E-state index contributed by atoms with van der Waals surface area (Å²) in [6, 6.07) is 3.15. The predicted molar refractivity (Wildman–Crippen MR) is 55.0 cm³/mol. The Kier molecular flexibility index (Phi) is 2.86. The van der Waals surface area contributed by atoms with Gasteiger partial charge in [0.1, 0.15) is 0 Å². The van der Waals surface area contributed by atoms with Gasteiger partial charge in [-0.1, -0.05) is 0 Å². The molecule has 2 rings (SSSR count). The zero-order valence-electron chi connectivity index (χ0n) is 8.72. The van der Waals surface area contributed by atoms with Crippen molar-refractivity contribution in [3.05, 3.63) is 47.5 Å². The lowest BCUT2D eigenvalue weighted by atomic mass is 10.0. The first-order chi connectivity index (χ1) is 8.41. The van der Waals surface area contributed by atoms with Gasteiger partial charge in [0.25, 0.3) is 0 Å². The maximum atomic E-state index is 13.5. The molecular weight excluding hydrogens is 252 g/mol. The zero-order chi connectivity index (χ0) is 13.4. The molecule has 0 aromatic heterocycles. The van der Waals surface area contributed by atoms with Gasteiger partial charge in [-0.15, -0.1) is 0 Å². The summed E-state index contributed by atoms with van der Waals surface area (Å²) in [7, 11) is 0. The summed E-state index contributed by atoms with van der Waals surface area (Å²) in [5, 5.41) is 17.8. The summed E-state index contributed by atoms with van der Waals surface area (Å²) in [5.41, 5.74) is -0.720. The van der Waals surface area contributed by atoms with E-state index in [1.54, 1.807) is 0 Å². The monoisotopic (exact) mass is 258 g/mol. The Morgan fingerprint density at radius 1 is 0.778 bits per heavy atom. The van der Waals surface area contributed by atoms with Crippen LogP contribution in [0.1, 0.15) is 0 Å². The summed E-state index contributed by atoms with van der Waals surface area (Å²) < 4.78 is 52.7. The van der Waals surface area contributed by atoms with Crippen LogP contribution >= 0.6 is 0 Å². The van der Waals surface area contributed by atoms with Crippen LogP contribution in [0.3, 0.4) is 0 Å². The summed E-state index contributed by atoms with van der Waals surface area (Å²) >= 11 is 0. The summed E-state index contributed by atoms with van der Waals surface area (Å²) in [6.07, 6.45) is 0. The number of benzene rings is 2. The lowest BCUT2D eigenvalue weighted by Gasteiger charge is -2.07. The number of phenolic OH excluding ortho intramolecular Hbond substituents is 2. The molecule has 0 aliphatic rings. The molecule has 0 saturated heterocycles. The van der Waals surface area contributed by atoms with E-state index in [-0.39, 0.29) is 5.56 Å². The molecule has 6 heteroatoms. The van der Waals surface area contributed by atoms with Gasteiger partial charge in [0, 0.05) is 5.56 Å². The standard InChI is InChI=1S/C12H6F4O2/c13-7-3-5(4-8(14)12(7)18)6-1-2-9(17)11(16)10(6)15/h1-4,17-18H. The van der Waals surface area contributed by atoms with Crippen molar-refractivity contribution in [1.29, 1.82) is 0 Å². The molecule has 18 heavy (non-hydrogen) atoms. The zero-order valence-corrected chi connectivity index (χ0v) is 8.72. The smallest absolute Gasteiger partial charge is 0.200 e. The number of hydrogen-bond donors (Lipinski definition) is 2. The van der Waals surface area contributed by atoms with Crippen molar-refractivity contribution in [1.82, 2.24) is 0 Å². The number of rotatable bonds is 1. The highest BCUT2D eigenvalue weighted by atomic mass is 19.2. The first-order valence-corrected chi connectivity index (χ1v) is 4.77. The normalized spacial score (nSPS) is 10.7. The van der Waals surface area contributed by atoms with Gasteiger partial charge in [-0.2, -0.15) is 4.39 Å². The Hall–Kier alpha value is -2.24. The molecule has 2 nitrogen and oxygen atoms in total. The lowest BCUT2D eigenvalue weighted by Crippen LogP contribution is -1.92. The third-order valence-corrected chi connectivity index (χ3v) is 2.39. The quantitative estimate of drug-likeness (QED) is 0.770. The van der Waals surface area contributed by atoms with E-state index in [9.17, 15) is 17.6 Å². The molecule has 0 unspecified atom stereocenters. The molecule has 0 atom stereocenters. The van der Waals surface area contributed by atoms with Crippen LogP contribution in [-0.2, 0) is 0 Å². The van der Waals surface area contributed by atoms with Crippen LogP contribution in [0.15, 0.2) is 24.3 Å². The first kappa shape index (κ1) is 12.2. The van der Waals surface area contributed by atoms with Gasteiger partial charge in [0.05, 0.1) is 0 Å². The van der Waals surface area contributed by atoms with Gasteiger partial charge < -0.3 is 10.2 Å². The molecule has 0 radical (unpaired) electrons. The van der Waals surface area contributed by atoms with Crippen molar-refractivity contribution in [2.24, 2.45) is 0 Å². The van der Waals surface area contributed by atoms with E-state index in [1.165, 1.54) is 0 Å². The minimum Gasteiger partial charge on any atom is -0.505 e. The molecule has 0 saturated carbocycles. The Morgan fingerprint density at radius 2 is 1.33 bits per heavy atom. The second kappa shape index (κ2) is 4.21. The molecule has 2 aromatic rings. The van der Waals surface area contributed by atoms with Crippen molar-refractivity contribution >= 4 is 0 Å². The van der Waals surface area contributed by atoms with Gasteiger partial charge >= 0.3 is 0 Å². The highest BCUT2D eigenvalue weighted by molar-refractivity contribution is 5.66. The third kappa shape index (κ3) is 1.85. The molecule has 2 N–H and O–H groups in total. The molecule has 0 amide bonds. The van der Waals surface area contributed by atoms with E-state index < -0.39 is 40.3 Å². The van der Waals surface area contributed by atoms with E-state index >= 15 is 0 Å².